The molecule has 0 saturated heterocycles. The molecule has 3 atom stereocenters. The van der Waals surface area contributed by atoms with Crippen LogP contribution in [0, 0.1) is 0 Å². The summed E-state index contributed by atoms with van der Waals surface area (Å²) < 4.78 is 65.0. The van der Waals surface area contributed by atoms with Crippen LogP contribution in [0.5, 0.6) is 0 Å². The minimum Gasteiger partial charge on any atom is -0.464 e. The zero-order valence-corrected chi connectivity index (χ0v) is 19.6. The van der Waals surface area contributed by atoms with Gasteiger partial charge in [0.1, 0.15) is 12.1 Å². The van der Waals surface area contributed by atoms with Gasteiger partial charge in [0.2, 0.25) is 0 Å². The second-order valence-corrected chi connectivity index (χ2v) is 15.7. The Hall–Kier alpha value is -0.453. The normalized spacial score (nSPS) is 17.3. The molecule has 0 amide bonds. The number of carbonyl (C=O) groups excluding carboxylic acids is 1. The Bertz CT molecular complexity index is 528. The van der Waals surface area contributed by atoms with E-state index in [1.807, 2.05) is 33.9 Å². The molecule has 0 fully saturated rings. The number of esters is 1. The van der Waals surface area contributed by atoms with E-state index < -0.39 is 54.8 Å². The summed E-state index contributed by atoms with van der Waals surface area (Å²) in [6.07, 6.45) is -6.78. The van der Waals surface area contributed by atoms with E-state index in [0.717, 1.165) is 0 Å². The Morgan fingerprint density at radius 1 is 1.11 bits per heavy atom. The van der Waals surface area contributed by atoms with Gasteiger partial charge in [-0.2, -0.15) is 13.2 Å². The van der Waals surface area contributed by atoms with Crippen molar-refractivity contribution in [3.05, 3.63) is 0 Å². The van der Waals surface area contributed by atoms with Gasteiger partial charge < -0.3 is 9.16 Å². The highest BCUT2D eigenvalue weighted by Crippen LogP contribution is 2.38. The summed E-state index contributed by atoms with van der Waals surface area (Å²) in [7, 11) is -4.49. The van der Waals surface area contributed by atoms with E-state index in [1.165, 1.54) is 0 Å². The Balaban J connectivity index is 5.68. The highest BCUT2D eigenvalue weighted by atomic mass is 32.2. The summed E-state index contributed by atoms with van der Waals surface area (Å²) in [4.78, 5) is 12.3. The number of halogens is 3. The summed E-state index contributed by atoms with van der Waals surface area (Å²) in [6.45, 7) is 15.8. The van der Waals surface area contributed by atoms with E-state index in [4.69, 9.17) is 9.16 Å². The molecule has 5 nitrogen and oxygen atoms in total. The van der Waals surface area contributed by atoms with Gasteiger partial charge in [-0.25, -0.2) is 13.7 Å². The third-order valence-electron chi connectivity index (χ3n) is 4.44. The van der Waals surface area contributed by atoms with Crippen molar-refractivity contribution < 1.29 is 31.3 Å². The SMILES string of the molecule is CCOC(=O)C(C[C@H](N[S@](=O)C(C)(C)C)C(F)(F)F)O[Si](C)(C)C(C)(C)C. The van der Waals surface area contributed by atoms with Crippen molar-refractivity contribution in [3.63, 3.8) is 0 Å². The van der Waals surface area contributed by atoms with E-state index in [1.54, 1.807) is 27.7 Å². The average Bonchev–Trinajstić information content (AvgIpc) is 2.42. The summed E-state index contributed by atoms with van der Waals surface area (Å²) in [5.74, 6) is -0.833. The minimum absolute atomic E-state index is 0.0359. The third kappa shape index (κ3) is 8.62. The number of hydrogen-bond acceptors (Lipinski definition) is 4. The summed E-state index contributed by atoms with van der Waals surface area (Å²) in [6, 6.07) is -2.16. The third-order valence-corrected chi connectivity index (χ3v) is 10.5. The molecular weight excluding hydrogens is 399 g/mol. The van der Waals surface area contributed by atoms with Crippen molar-refractivity contribution in [2.24, 2.45) is 0 Å². The lowest BCUT2D eigenvalue weighted by Gasteiger charge is -2.39. The molecule has 0 aliphatic rings. The predicted molar refractivity (Wildman–Crippen MR) is 104 cm³/mol. The number of alkyl halides is 3. The molecule has 0 aromatic rings. The van der Waals surface area contributed by atoms with Crippen molar-refractivity contribution in [3.8, 4) is 0 Å². The van der Waals surface area contributed by atoms with E-state index in [2.05, 4.69) is 4.72 Å². The second kappa shape index (κ2) is 9.36. The van der Waals surface area contributed by atoms with E-state index in [0.29, 0.717) is 0 Å². The lowest BCUT2D eigenvalue weighted by molar-refractivity contribution is -0.166. The number of carbonyl (C=O) groups is 1. The molecule has 10 heteroatoms. The molecule has 0 bridgehead atoms. The van der Waals surface area contributed by atoms with Gasteiger partial charge >= 0.3 is 12.1 Å². The molecule has 0 spiro atoms. The van der Waals surface area contributed by atoms with Crippen LogP contribution < -0.4 is 4.72 Å². The van der Waals surface area contributed by atoms with Gasteiger partial charge in [-0.3, -0.25) is 0 Å². The maximum absolute atomic E-state index is 13.6. The molecule has 0 radical (unpaired) electrons. The van der Waals surface area contributed by atoms with E-state index in [9.17, 15) is 22.2 Å². The first kappa shape index (κ1) is 26.5. The van der Waals surface area contributed by atoms with Gasteiger partial charge in [0.15, 0.2) is 8.32 Å². The van der Waals surface area contributed by atoms with Crippen molar-refractivity contribution in [2.75, 3.05) is 6.61 Å². The second-order valence-electron chi connectivity index (χ2n) is 8.95. The first-order chi connectivity index (χ1) is 11.8. The molecule has 0 aromatic heterocycles. The first-order valence-corrected chi connectivity index (χ1v) is 13.0. The number of ether oxygens (including phenoxy) is 1. The van der Waals surface area contributed by atoms with Crippen LogP contribution in [0.4, 0.5) is 13.2 Å². The van der Waals surface area contributed by atoms with Gasteiger partial charge in [0.05, 0.1) is 22.3 Å². The molecule has 1 N–H and O–H groups in total. The topological polar surface area (TPSA) is 64.6 Å². The maximum Gasteiger partial charge on any atom is 0.404 e. The molecule has 162 valence electrons. The van der Waals surface area contributed by atoms with Gasteiger partial charge in [-0.1, -0.05) is 20.8 Å². The molecule has 0 aromatic carbocycles. The lowest BCUT2D eigenvalue weighted by Crippen LogP contribution is -2.53. The van der Waals surface area contributed by atoms with Crippen molar-refractivity contribution in [1.82, 2.24) is 4.72 Å². The maximum atomic E-state index is 13.6. The summed E-state index contributed by atoms with van der Waals surface area (Å²) in [5.41, 5.74) is 0. The number of rotatable bonds is 8. The summed E-state index contributed by atoms with van der Waals surface area (Å²) in [5, 5.41) is -0.298. The van der Waals surface area contributed by atoms with Gasteiger partial charge in [-0.05, 0) is 45.8 Å². The van der Waals surface area contributed by atoms with Crippen LogP contribution in [0.1, 0.15) is 54.9 Å². The quantitative estimate of drug-likeness (QED) is 0.458. The van der Waals surface area contributed by atoms with Gasteiger partial charge in [-0.15, -0.1) is 0 Å². The molecule has 0 aliphatic carbocycles. The Kier molecular flexibility index (Phi) is 9.21. The zero-order valence-electron chi connectivity index (χ0n) is 17.7. The average molecular weight is 434 g/mol. The van der Waals surface area contributed by atoms with Crippen molar-refractivity contribution in [2.45, 2.75) is 96.1 Å². The fourth-order valence-corrected chi connectivity index (χ4v) is 3.83. The summed E-state index contributed by atoms with van der Waals surface area (Å²) >= 11 is 0. The van der Waals surface area contributed by atoms with Crippen LogP contribution in [0.2, 0.25) is 18.1 Å². The van der Waals surface area contributed by atoms with Crippen molar-refractivity contribution in [1.29, 1.82) is 0 Å². The molecule has 1 unspecified atom stereocenters. The number of nitrogens with one attached hydrogen (secondary N) is 1. The lowest BCUT2D eigenvalue weighted by atomic mass is 10.1. The standard InChI is InChI=1S/C17H34F3NO4SSi/c1-10-24-14(22)12(25-27(8,9)16(5,6)7)11-13(17(18,19)20)21-26(23)15(2,3)4/h12-13,21H,10-11H2,1-9H3/t12?,13-,26+/m0/s1. The monoisotopic (exact) mass is 433 g/mol. The Morgan fingerprint density at radius 2 is 1.59 bits per heavy atom. The Labute approximate surface area is 164 Å². The zero-order chi connectivity index (χ0) is 21.8. The van der Waals surface area contributed by atoms with Crippen LogP contribution in [0.3, 0.4) is 0 Å². The molecule has 27 heavy (non-hydrogen) atoms. The fraction of sp³-hybridized carbons (Fsp3) is 0.941. The molecule has 0 rings (SSSR count). The molecule has 0 saturated carbocycles. The highest BCUT2D eigenvalue weighted by molar-refractivity contribution is 7.84. The minimum atomic E-state index is -4.69. The largest absolute Gasteiger partial charge is 0.464 e. The molecule has 0 aliphatic heterocycles. The molecular formula is C17H34F3NO4SSi. The number of hydrogen-bond donors (Lipinski definition) is 1. The smallest absolute Gasteiger partial charge is 0.404 e. The van der Waals surface area contributed by atoms with Crippen LogP contribution in [0.25, 0.3) is 0 Å². The van der Waals surface area contributed by atoms with Crippen LogP contribution >= 0.6 is 0 Å². The van der Waals surface area contributed by atoms with E-state index >= 15 is 0 Å². The van der Waals surface area contributed by atoms with Gasteiger partial charge in [0.25, 0.3) is 0 Å². The predicted octanol–water partition coefficient (Wildman–Crippen LogP) is 4.31. The first-order valence-electron chi connectivity index (χ1n) is 8.92. The van der Waals surface area contributed by atoms with Crippen molar-refractivity contribution >= 4 is 25.3 Å². The fourth-order valence-electron chi connectivity index (χ4n) is 1.73. The molecule has 0 heterocycles. The Morgan fingerprint density at radius 3 is 1.93 bits per heavy atom. The van der Waals surface area contributed by atoms with Crippen LogP contribution in [0.15, 0.2) is 0 Å². The van der Waals surface area contributed by atoms with E-state index in [-0.39, 0.29) is 11.6 Å². The van der Waals surface area contributed by atoms with Gasteiger partial charge in [0, 0.05) is 6.42 Å². The van der Waals surface area contributed by atoms with Crippen LogP contribution in [-0.4, -0.2) is 48.2 Å². The highest BCUT2D eigenvalue weighted by Gasteiger charge is 2.47. The van der Waals surface area contributed by atoms with Crippen LogP contribution in [-0.2, 0) is 24.9 Å².